The van der Waals surface area contributed by atoms with Crippen molar-refractivity contribution in [2.45, 2.75) is 19.3 Å². The van der Waals surface area contributed by atoms with E-state index in [9.17, 15) is 4.79 Å². The summed E-state index contributed by atoms with van der Waals surface area (Å²) < 4.78 is 4.92. The van der Waals surface area contributed by atoms with Crippen LogP contribution in [0.2, 0.25) is 0 Å². The van der Waals surface area contributed by atoms with Gasteiger partial charge in [0, 0.05) is 38.3 Å². The Morgan fingerprint density at radius 1 is 1.28 bits per heavy atom. The third kappa shape index (κ3) is 4.96. The Morgan fingerprint density at radius 2 is 2.12 bits per heavy atom. The monoisotopic (exact) mass is 341 g/mol. The van der Waals surface area contributed by atoms with Crippen molar-refractivity contribution in [3.63, 3.8) is 0 Å². The molecule has 132 valence electrons. The molecule has 0 atom stereocenters. The van der Waals surface area contributed by atoms with Crippen molar-refractivity contribution < 1.29 is 9.53 Å². The molecule has 0 spiro atoms. The average Bonchev–Trinajstić information content (AvgIpc) is 2.64. The minimum absolute atomic E-state index is 0.0780. The van der Waals surface area contributed by atoms with Crippen LogP contribution >= 0.6 is 0 Å². The number of nitrogens with one attached hydrogen (secondary N) is 1. The maximum absolute atomic E-state index is 11.9. The van der Waals surface area contributed by atoms with E-state index in [2.05, 4.69) is 20.3 Å². The number of anilines is 2. The molecule has 1 fully saturated rings. The van der Waals surface area contributed by atoms with Crippen molar-refractivity contribution in [2.75, 3.05) is 32.1 Å². The fourth-order valence-electron chi connectivity index (χ4n) is 3.05. The second-order valence-corrected chi connectivity index (χ2v) is 6.19. The van der Waals surface area contributed by atoms with E-state index in [4.69, 9.17) is 4.74 Å². The fraction of sp³-hybridized carbons (Fsp3) is 0.444. The minimum Gasteiger partial charge on any atom is -0.375 e. The quantitative estimate of drug-likeness (QED) is 0.866. The molecule has 1 amide bonds. The highest BCUT2D eigenvalue weighted by Crippen LogP contribution is 2.22. The van der Waals surface area contributed by atoms with Gasteiger partial charge in [0.1, 0.15) is 18.2 Å². The molecule has 2 aromatic rings. The molecule has 0 radical (unpaired) electrons. The minimum atomic E-state index is 0.0780. The van der Waals surface area contributed by atoms with E-state index in [0.717, 1.165) is 43.9 Å². The first-order valence-corrected chi connectivity index (χ1v) is 8.50. The summed E-state index contributed by atoms with van der Waals surface area (Å²) in [5.41, 5.74) is 1.05. The number of nitrogens with zero attached hydrogens (tertiary/aromatic N) is 4. The highest BCUT2D eigenvalue weighted by Gasteiger charge is 2.23. The van der Waals surface area contributed by atoms with E-state index in [1.54, 1.807) is 25.7 Å². The second-order valence-electron chi connectivity index (χ2n) is 6.19. The molecular weight excluding hydrogens is 318 g/mol. The zero-order chi connectivity index (χ0) is 17.5. The Balaban J connectivity index is 1.54. The molecule has 1 N–H and O–H groups in total. The van der Waals surface area contributed by atoms with Gasteiger partial charge in [-0.2, -0.15) is 0 Å². The number of ether oxygens (including phenoxy) is 1. The van der Waals surface area contributed by atoms with Crippen LogP contribution in [0.25, 0.3) is 0 Å². The van der Waals surface area contributed by atoms with Crippen molar-refractivity contribution in [3.05, 3.63) is 42.5 Å². The average molecular weight is 341 g/mol. The topological polar surface area (TPSA) is 80.2 Å². The molecule has 0 saturated carbocycles. The second kappa shape index (κ2) is 8.53. The lowest BCUT2D eigenvalue weighted by Gasteiger charge is -2.31. The smallest absolute Gasteiger partial charge is 0.248 e. The van der Waals surface area contributed by atoms with Crippen LogP contribution in [0, 0.1) is 5.92 Å². The van der Waals surface area contributed by atoms with Gasteiger partial charge in [0.15, 0.2) is 0 Å². The van der Waals surface area contributed by atoms with Gasteiger partial charge in [-0.25, -0.2) is 9.97 Å². The molecule has 0 bridgehead atoms. The largest absolute Gasteiger partial charge is 0.375 e. The number of hydrogen-bond donors (Lipinski definition) is 1. The van der Waals surface area contributed by atoms with Crippen LogP contribution in [0.3, 0.4) is 0 Å². The van der Waals surface area contributed by atoms with E-state index >= 15 is 0 Å². The first kappa shape index (κ1) is 17.3. The van der Waals surface area contributed by atoms with Gasteiger partial charge in [-0.3, -0.25) is 9.78 Å². The Kier molecular flexibility index (Phi) is 5.90. The van der Waals surface area contributed by atoms with E-state index in [1.165, 1.54) is 0 Å². The Morgan fingerprint density at radius 3 is 2.84 bits per heavy atom. The van der Waals surface area contributed by atoms with Gasteiger partial charge >= 0.3 is 0 Å². The molecule has 3 heterocycles. The van der Waals surface area contributed by atoms with E-state index in [1.807, 2.05) is 23.1 Å². The first-order valence-electron chi connectivity index (χ1n) is 8.50. The summed E-state index contributed by atoms with van der Waals surface area (Å²) in [5, 5.41) is 3.17. The number of pyridine rings is 1. The number of hydrogen-bond acceptors (Lipinski definition) is 6. The van der Waals surface area contributed by atoms with Crippen molar-refractivity contribution in [1.82, 2.24) is 19.9 Å². The molecule has 7 nitrogen and oxygen atoms in total. The van der Waals surface area contributed by atoms with Gasteiger partial charge in [0.25, 0.3) is 0 Å². The number of methoxy groups -OCH3 is 1. The number of carbonyl (C=O) groups excluding carboxylic acids is 1. The van der Waals surface area contributed by atoms with Crippen molar-refractivity contribution in [1.29, 1.82) is 0 Å². The molecular formula is C18H23N5O2. The molecule has 1 aliphatic rings. The summed E-state index contributed by atoms with van der Waals surface area (Å²) in [4.78, 5) is 26.6. The summed E-state index contributed by atoms with van der Waals surface area (Å²) >= 11 is 0. The zero-order valence-electron chi connectivity index (χ0n) is 14.4. The fourth-order valence-corrected chi connectivity index (χ4v) is 3.05. The Bertz CT molecular complexity index is 687. The lowest BCUT2D eigenvalue weighted by atomic mass is 9.92. The third-order valence-electron chi connectivity index (χ3n) is 4.36. The maximum Gasteiger partial charge on any atom is 0.248 e. The zero-order valence-corrected chi connectivity index (χ0v) is 14.4. The summed E-state index contributed by atoms with van der Waals surface area (Å²) in [6.45, 7) is 1.76. The van der Waals surface area contributed by atoms with Crippen LogP contribution in [0.4, 0.5) is 11.6 Å². The van der Waals surface area contributed by atoms with Crippen LogP contribution < -0.4 is 5.32 Å². The highest BCUT2D eigenvalue weighted by atomic mass is 16.5. The summed E-state index contributed by atoms with van der Waals surface area (Å²) in [6, 6.07) is 5.97. The van der Waals surface area contributed by atoms with E-state index in [0.29, 0.717) is 11.7 Å². The van der Waals surface area contributed by atoms with Crippen LogP contribution in [0.5, 0.6) is 0 Å². The molecule has 1 saturated heterocycles. The van der Waals surface area contributed by atoms with Crippen LogP contribution in [-0.2, 0) is 16.0 Å². The lowest BCUT2D eigenvalue weighted by Crippen LogP contribution is -2.40. The SMILES string of the molecule is COCC(=O)N1CCC(Cc2cccc(Nc3cnccn3)n2)CC1. The van der Waals surface area contributed by atoms with Gasteiger partial charge < -0.3 is 15.0 Å². The number of piperidine rings is 1. The number of rotatable bonds is 6. The van der Waals surface area contributed by atoms with Crippen molar-refractivity contribution in [3.8, 4) is 0 Å². The van der Waals surface area contributed by atoms with Gasteiger partial charge in [0.2, 0.25) is 5.91 Å². The predicted octanol–water partition coefficient (Wildman–Crippen LogP) is 2.04. The Labute approximate surface area is 147 Å². The number of amides is 1. The van der Waals surface area contributed by atoms with Crippen molar-refractivity contribution in [2.24, 2.45) is 5.92 Å². The molecule has 0 aromatic carbocycles. The van der Waals surface area contributed by atoms with E-state index in [-0.39, 0.29) is 12.5 Å². The maximum atomic E-state index is 11.9. The van der Waals surface area contributed by atoms with Crippen LogP contribution in [-0.4, -0.2) is 52.6 Å². The first-order chi connectivity index (χ1) is 12.2. The molecule has 1 aliphatic heterocycles. The highest BCUT2D eigenvalue weighted by molar-refractivity contribution is 5.77. The van der Waals surface area contributed by atoms with Gasteiger partial charge in [-0.1, -0.05) is 6.07 Å². The summed E-state index contributed by atoms with van der Waals surface area (Å²) in [7, 11) is 1.55. The van der Waals surface area contributed by atoms with Crippen molar-refractivity contribution >= 4 is 17.5 Å². The molecule has 25 heavy (non-hydrogen) atoms. The van der Waals surface area contributed by atoms with Crippen LogP contribution in [0.15, 0.2) is 36.8 Å². The molecule has 7 heteroatoms. The molecule has 0 aliphatic carbocycles. The third-order valence-corrected chi connectivity index (χ3v) is 4.36. The lowest BCUT2D eigenvalue weighted by molar-refractivity contribution is -0.136. The number of likely N-dealkylation sites (tertiary alicyclic amines) is 1. The molecule has 0 unspecified atom stereocenters. The molecule has 2 aromatic heterocycles. The number of aromatic nitrogens is 3. The van der Waals surface area contributed by atoms with Crippen LogP contribution in [0.1, 0.15) is 18.5 Å². The predicted molar refractivity (Wildman–Crippen MR) is 94.4 cm³/mol. The summed E-state index contributed by atoms with van der Waals surface area (Å²) in [6.07, 6.45) is 7.87. The van der Waals surface area contributed by atoms with Gasteiger partial charge in [-0.15, -0.1) is 0 Å². The molecule has 3 rings (SSSR count). The standard InChI is InChI=1S/C18H23N5O2/c1-25-13-18(24)23-9-5-14(6-10-23)11-15-3-2-4-16(21-15)22-17-12-19-7-8-20-17/h2-4,7-8,12,14H,5-6,9-11,13H2,1H3,(H,20,21,22). The van der Waals surface area contributed by atoms with E-state index < -0.39 is 0 Å². The van der Waals surface area contributed by atoms with Gasteiger partial charge in [0.05, 0.1) is 6.20 Å². The Hall–Kier alpha value is -2.54. The van der Waals surface area contributed by atoms with Gasteiger partial charge in [-0.05, 0) is 37.3 Å². The summed E-state index contributed by atoms with van der Waals surface area (Å²) in [5.74, 6) is 2.07. The number of carbonyl (C=O) groups is 1. The normalized spacial score (nSPS) is 15.2.